The Balaban J connectivity index is 3.04. The summed E-state index contributed by atoms with van der Waals surface area (Å²) in [6.07, 6.45) is 2.91. The molecule has 0 fully saturated rings. The number of amides is 1. The van der Waals surface area contributed by atoms with Crippen LogP contribution in [0.5, 0.6) is 0 Å². The highest BCUT2D eigenvalue weighted by Gasteiger charge is 2.11. The van der Waals surface area contributed by atoms with E-state index in [-0.39, 0.29) is 17.2 Å². The van der Waals surface area contributed by atoms with E-state index in [2.05, 4.69) is 21.2 Å². The van der Waals surface area contributed by atoms with Crippen molar-refractivity contribution in [1.29, 1.82) is 0 Å². The standard InChI is InChI=1S/C11H10BrNO3/c1-2-3-10(14)13-9-5-4-7(12)6-8(9)11(15)16/h2-6H,1H3,(H,13,14)(H,15,16). The molecule has 0 saturated heterocycles. The molecule has 0 aliphatic carbocycles. The number of allylic oxidation sites excluding steroid dienone is 1. The number of halogens is 1. The Bertz CT molecular complexity index is 455. The summed E-state index contributed by atoms with van der Waals surface area (Å²) in [6.45, 7) is 1.71. The van der Waals surface area contributed by atoms with Crippen LogP contribution in [0.1, 0.15) is 17.3 Å². The lowest BCUT2D eigenvalue weighted by molar-refractivity contribution is -0.111. The van der Waals surface area contributed by atoms with Gasteiger partial charge in [0.25, 0.3) is 0 Å². The molecule has 0 atom stereocenters. The van der Waals surface area contributed by atoms with Gasteiger partial charge < -0.3 is 10.4 Å². The molecular weight excluding hydrogens is 274 g/mol. The van der Waals surface area contributed by atoms with Crippen molar-refractivity contribution in [3.8, 4) is 0 Å². The van der Waals surface area contributed by atoms with Crippen LogP contribution in [-0.4, -0.2) is 17.0 Å². The van der Waals surface area contributed by atoms with Crippen molar-refractivity contribution in [2.45, 2.75) is 6.92 Å². The average Bonchev–Trinajstić information content (AvgIpc) is 2.20. The molecule has 0 spiro atoms. The van der Waals surface area contributed by atoms with Crippen LogP contribution in [0.3, 0.4) is 0 Å². The zero-order valence-corrected chi connectivity index (χ0v) is 10.1. The number of hydrogen-bond acceptors (Lipinski definition) is 2. The SMILES string of the molecule is CC=CC(=O)Nc1ccc(Br)cc1C(=O)O. The van der Waals surface area contributed by atoms with E-state index < -0.39 is 5.97 Å². The maximum Gasteiger partial charge on any atom is 0.337 e. The number of anilines is 1. The summed E-state index contributed by atoms with van der Waals surface area (Å²) in [6, 6.07) is 4.64. The van der Waals surface area contributed by atoms with Gasteiger partial charge in [0, 0.05) is 4.47 Å². The minimum Gasteiger partial charge on any atom is -0.478 e. The van der Waals surface area contributed by atoms with Crippen LogP contribution in [0.2, 0.25) is 0 Å². The molecule has 0 aromatic heterocycles. The fourth-order valence-corrected chi connectivity index (χ4v) is 1.49. The van der Waals surface area contributed by atoms with Gasteiger partial charge in [-0.05, 0) is 31.2 Å². The number of carbonyl (C=O) groups excluding carboxylic acids is 1. The smallest absolute Gasteiger partial charge is 0.337 e. The van der Waals surface area contributed by atoms with Crippen LogP contribution in [-0.2, 0) is 4.79 Å². The lowest BCUT2D eigenvalue weighted by Gasteiger charge is -2.06. The Kier molecular flexibility index (Phi) is 4.25. The lowest BCUT2D eigenvalue weighted by Crippen LogP contribution is -2.11. The Labute approximate surface area is 101 Å². The number of carboxylic acids is 1. The van der Waals surface area contributed by atoms with Crippen LogP contribution in [0, 0.1) is 0 Å². The lowest BCUT2D eigenvalue weighted by atomic mass is 10.2. The first-order valence-corrected chi connectivity index (χ1v) is 5.30. The molecule has 0 saturated carbocycles. The predicted octanol–water partition coefficient (Wildman–Crippen LogP) is 2.66. The van der Waals surface area contributed by atoms with Gasteiger partial charge in [0.1, 0.15) is 0 Å². The number of rotatable bonds is 3. The number of aromatic carboxylic acids is 1. The highest BCUT2D eigenvalue weighted by Crippen LogP contribution is 2.21. The van der Waals surface area contributed by atoms with E-state index in [1.165, 1.54) is 18.2 Å². The third kappa shape index (κ3) is 3.20. The Morgan fingerprint density at radius 1 is 1.44 bits per heavy atom. The molecule has 0 unspecified atom stereocenters. The zero-order chi connectivity index (χ0) is 12.1. The average molecular weight is 284 g/mol. The summed E-state index contributed by atoms with van der Waals surface area (Å²) in [5.41, 5.74) is 0.325. The normalized spacial score (nSPS) is 10.4. The summed E-state index contributed by atoms with van der Waals surface area (Å²) in [5, 5.41) is 11.4. The third-order valence-corrected chi connectivity index (χ3v) is 2.28. The number of nitrogens with one attached hydrogen (secondary N) is 1. The molecule has 0 radical (unpaired) electrons. The van der Waals surface area contributed by atoms with Crippen molar-refractivity contribution in [2.75, 3.05) is 5.32 Å². The van der Waals surface area contributed by atoms with Gasteiger partial charge in [-0.25, -0.2) is 4.79 Å². The molecule has 2 N–H and O–H groups in total. The first kappa shape index (κ1) is 12.4. The fourth-order valence-electron chi connectivity index (χ4n) is 1.13. The summed E-state index contributed by atoms with van der Waals surface area (Å²) in [4.78, 5) is 22.2. The van der Waals surface area contributed by atoms with Crippen molar-refractivity contribution in [2.24, 2.45) is 0 Å². The van der Waals surface area contributed by atoms with Gasteiger partial charge in [0.05, 0.1) is 11.3 Å². The Hall–Kier alpha value is -1.62. The molecule has 0 aliphatic rings. The quantitative estimate of drug-likeness (QED) is 0.838. The second-order valence-electron chi connectivity index (χ2n) is 2.98. The molecule has 1 rings (SSSR count). The number of hydrogen-bond donors (Lipinski definition) is 2. The van der Waals surface area contributed by atoms with E-state index in [9.17, 15) is 9.59 Å². The Morgan fingerprint density at radius 3 is 2.69 bits per heavy atom. The minimum atomic E-state index is -1.09. The third-order valence-electron chi connectivity index (χ3n) is 1.79. The van der Waals surface area contributed by atoms with Crippen LogP contribution in [0.4, 0.5) is 5.69 Å². The minimum absolute atomic E-state index is 0.0484. The van der Waals surface area contributed by atoms with Gasteiger partial charge in [-0.2, -0.15) is 0 Å². The topological polar surface area (TPSA) is 66.4 Å². The van der Waals surface area contributed by atoms with Crippen molar-refractivity contribution in [3.63, 3.8) is 0 Å². The van der Waals surface area contributed by atoms with Crippen LogP contribution >= 0.6 is 15.9 Å². The van der Waals surface area contributed by atoms with Crippen molar-refractivity contribution < 1.29 is 14.7 Å². The summed E-state index contributed by atoms with van der Waals surface area (Å²) < 4.78 is 0.647. The highest BCUT2D eigenvalue weighted by molar-refractivity contribution is 9.10. The maximum atomic E-state index is 11.3. The molecule has 0 bridgehead atoms. The Morgan fingerprint density at radius 2 is 2.12 bits per heavy atom. The number of carboxylic acid groups (broad SMARTS) is 1. The zero-order valence-electron chi connectivity index (χ0n) is 8.53. The van der Waals surface area contributed by atoms with Gasteiger partial charge in [0.2, 0.25) is 5.91 Å². The van der Waals surface area contributed by atoms with E-state index in [0.717, 1.165) is 0 Å². The fraction of sp³-hybridized carbons (Fsp3) is 0.0909. The van der Waals surface area contributed by atoms with Gasteiger partial charge in [-0.15, -0.1) is 0 Å². The van der Waals surface area contributed by atoms with Crippen LogP contribution in [0.15, 0.2) is 34.8 Å². The monoisotopic (exact) mass is 283 g/mol. The highest BCUT2D eigenvalue weighted by atomic mass is 79.9. The van der Waals surface area contributed by atoms with Crippen molar-refractivity contribution in [1.82, 2.24) is 0 Å². The second-order valence-corrected chi connectivity index (χ2v) is 3.90. The molecule has 1 amide bonds. The molecule has 16 heavy (non-hydrogen) atoms. The summed E-state index contributed by atoms with van der Waals surface area (Å²) in [5.74, 6) is -1.44. The van der Waals surface area contributed by atoms with E-state index in [4.69, 9.17) is 5.11 Å². The first-order chi connectivity index (χ1) is 7.54. The molecule has 0 heterocycles. The molecule has 1 aromatic carbocycles. The number of carbonyl (C=O) groups is 2. The largest absolute Gasteiger partial charge is 0.478 e. The molecule has 84 valence electrons. The molecule has 1 aromatic rings. The first-order valence-electron chi connectivity index (χ1n) is 4.51. The molecule has 4 nitrogen and oxygen atoms in total. The van der Waals surface area contributed by atoms with E-state index >= 15 is 0 Å². The van der Waals surface area contributed by atoms with E-state index in [0.29, 0.717) is 4.47 Å². The molecule has 0 aliphatic heterocycles. The van der Waals surface area contributed by atoms with Crippen LogP contribution in [0.25, 0.3) is 0 Å². The summed E-state index contributed by atoms with van der Waals surface area (Å²) >= 11 is 3.17. The van der Waals surface area contributed by atoms with Gasteiger partial charge in [-0.1, -0.05) is 22.0 Å². The summed E-state index contributed by atoms with van der Waals surface area (Å²) in [7, 11) is 0. The van der Waals surface area contributed by atoms with Crippen molar-refractivity contribution >= 4 is 33.5 Å². The molecular formula is C11H10BrNO3. The van der Waals surface area contributed by atoms with Crippen molar-refractivity contribution in [3.05, 3.63) is 40.4 Å². The maximum absolute atomic E-state index is 11.3. The van der Waals surface area contributed by atoms with E-state index in [1.54, 1.807) is 19.1 Å². The van der Waals surface area contributed by atoms with E-state index in [1.807, 2.05) is 0 Å². The molecule has 5 heteroatoms. The number of benzene rings is 1. The van der Waals surface area contributed by atoms with Crippen LogP contribution < -0.4 is 5.32 Å². The van der Waals surface area contributed by atoms with Gasteiger partial charge in [0.15, 0.2) is 0 Å². The van der Waals surface area contributed by atoms with Gasteiger partial charge in [-0.3, -0.25) is 4.79 Å². The predicted molar refractivity (Wildman–Crippen MR) is 64.5 cm³/mol. The van der Waals surface area contributed by atoms with Gasteiger partial charge >= 0.3 is 5.97 Å². The second kappa shape index (κ2) is 5.46.